The summed E-state index contributed by atoms with van der Waals surface area (Å²) in [6, 6.07) is 12.8. The second kappa shape index (κ2) is 9.61. The lowest BCUT2D eigenvalue weighted by Gasteiger charge is -2.48. The van der Waals surface area contributed by atoms with Gasteiger partial charge in [-0.1, -0.05) is 30.3 Å². The third-order valence-electron chi connectivity index (χ3n) is 7.11. The minimum Gasteiger partial charge on any atom is -0.356 e. The molecule has 2 amide bonds. The van der Waals surface area contributed by atoms with Gasteiger partial charge in [-0.15, -0.1) is 0 Å². The molecular weight excluding hydrogens is 376 g/mol. The third kappa shape index (κ3) is 4.84. The van der Waals surface area contributed by atoms with E-state index in [0.717, 1.165) is 32.2 Å². The number of hydrogen-bond acceptors (Lipinski definition) is 4. The molecule has 1 spiro atoms. The first-order chi connectivity index (χ1) is 14.4. The Morgan fingerprint density at radius 2 is 1.90 bits per heavy atom. The van der Waals surface area contributed by atoms with Crippen molar-refractivity contribution in [1.82, 2.24) is 15.1 Å². The van der Waals surface area contributed by atoms with Crippen molar-refractivity contribution in [3.63, 3.8) is 0 Å². The number of nitrogens with one attached hydrogen (secondary N) is 1. The zero-order chi connectivity index (χ0) is 21.6. The van der Waals surface area contributed by atoms with Crippen molar-refractivity contribution in [1.29, 1.82) is 5.26 Å². The van der Waals surface area contributed by atoms with Crippen LogP contribution < -0.4 is 5.32 Å². The van der Waals surface area contributed by atoms with Crippen LogP contribution in [0.15, 0.2) is 30.3 Å². The molecule has 0 bridgehead atoms. The van der Waals surface area contributed by atoms with Crippen LogP contribution in [0.2, 0.25) is 0 Å². The predicted octanol–water partition coefficient (Wildman–Crippen LogP) is 3.05. The first kappa shape index (κ1) is 22.3. The molecule has 0 radical (unpaired) electrons. The highest BCUT2D eigenvalue weighted by Gasteiger charge is 2.50. The molecule has 3 rings (SSSR count). The molecule has 0 atom stereocenters. The second-order valence-corrected chi connectivity index (χ2v) is 9.15. The molecule has 1 aromatic carbocycles. The summed E-state index contributed by atoms with van der Waals surface area (Å²) in [4.78, 5) is 28.9. The minimum atomic E-state index is -0.0407. The maximum atomic E-state index is 12.7. The Hall–Kier alpha value is -2.39. The summed E-state index contributed by atoms with van der Waals surface area (Å²) in [6.07, 6.45) is 6.21. The van der Waals surface area contributed by atoms with E-state index < -0.39 is 0 Å². The number of nitriles is 1. The number of carbonyl (C=O) groups excluding carboxylic acids is 2. The van der Waals surface area contributed by atoms with Crippen LogP contribution in [0.3, 0.4) is 0 Å². The van der Waals surface area contributed by atoms with Gasteiger partial charge in [-0.2, -0.15) is 5.26 Å². The molecule has 1 aliphatic carbocycles. The number of nitrogens with zero attached hydrogens (tertiary/aromatic N) is 3. The van der Waals surface area contributed by atoms with E-state index in [9.17, 15) is 9.59 Å². The summed E-state index contributed by atoms with van der Waals surface area (Å²) in [5.74, 6) is 0.144. The van der Waals surface area contributed by atoms with E-state index in [1.165, 1.54) is 5.56 Å². The molecule has 1 saturated heterocycles. The number of carbonyl (C=O) groups is 2. The van der Waals surface area contributed by atoms with Gasteiger partial charge in [0.25, 0.3) is 0 Å². The zero-order valence-electron chi connectivity index (χ0n) is 18.3. The largest absolute Gasteiger partial charge is 0.356 e. The van der Waals surface area contributed by atoms with Crippen LogP contribution in [0.5, 0.6) is 0 Å². The van der Waals surface area contributed by atoms with Crippen molar-refractivity contribution >= 4 is 11.8 Å². The maximum Gasteiger partial charge on any atom is 0.223 e. The van der Waals surface area contributed by atoms with Crippen LogP contribution in [0.25, 0.3) is 0 Å². The van der Waals surface area contributed by atoms with Crippen molar-refractivity contribution in [2.24, 2.45) is 5.41 Å². The molecule has 30 heavy (non-hydrogen) atoms. The Bertz CT molecular complexity index is 776. The maximum absolute atomic E-state index is 12.7. The van der Waals surface area contributed by atoms with Gasteiger partial charge in [0.15, 0.2) is 0 Å². The highest BCUT2D eigenvalue weighted by Crippen LogP contribution is 2.52. The van der Waals surface area contributed by atoms with Crippen molar-refractivity contribution < 1.29 is 9.59 Å². The monoisotopic (exact) mass is 410 g/mol. The number of rotatable bonds is 8. The fourth-order valence-corrected chi connectivity index (χ4v) is 5.18. The Kier molecular flexibility index (Phi) is 7.14. The first-order valence-corrected chi connectivity index (χ1v) is 11.1. The Morgan fingerprint density at radius 1 is 1.20 bits per heavy atom. The van der Waals surface area contributed by atoms with Gasteiger partial charge in [0.2, 0.25) is 11.8 Å². The molecule has 1 aromatic rings. The fourth-order valence-electron chi connectivity index (χ4n) is 5.18. The summed E-state index contributed by atoms with van der Waals surface area (Å²) in [6.45, 7) is 1.78. The van der Waals surface area contributed by atoms with E-state index in [0.29, 0.717) is 38.8 Å². The number of amides is 2. The van der Waals surface area contributed by atoms with Gasteiger partial charge in [-0.25, -0.2) is 0 Å². The number of benzene rings is 1. The molecule has 1 N–H and O–H groups in total. The molecule has 0 unspecified atom stereocenters. The van der Waals surface area contributed by atoms with Gasteiger partial charge in [0, 0.05) is 44.4 Å². The molecule has 6 nitrogen and oxygen atoms in total. The summed E-state index contributed by atoms with van der Waals surface area (Å²) >= 11 is 0. The topological polar surface area (TPSA) is 76.4 Å². The predicted molar refractivity (Wildman–Crippen MR) is 116 cm³/mol. The van der Waals surface area contributed by atoms with Crippen LogP contribution >= 0.6 is 0 Å². The highest BCUT2D eigenvalue weighted by molar-refractivity contribution is 5.81. The summed E-state index contributed by atoms with van der Waals surface area (Å²) in [5, 5.41) is 11.4. The van der Waals surface area contributed by atoms with Gasteiger partial charge >= 0.3 is 0 Å². The number of likely N-dealkylation sites (tertiary alicyclic amines) is 1. The first-order valence-electron chi connectivity index (χ1n) is 11.1. The summed E-state index contributed by atoms with van der Waals surface area (Å²) < 4.78 is 0. The smallest absolute Gasteiger partial charge is 0.223 e. The summed E-state index contributed by atoms with van der Waals surface area (Å²) in [5.41, 5.74) is 1.44. The molecule has 1 heterocycles. The van der Waals surface area contributed by atoms with Crippen LogP contribution in [0.1, 0.15) is 56.9 Å². The van der Waals surface area contributed by atoms with E-state index in [4.69, 9.17) is 5.26 Å². The van der Waals surface area contributed by atoms with E-state index >= 15 is 0 Å². The third-order valence-corrected chi connectivity index (χ3v) is 7.11. The van der Waals surface area contributed by atoms with Crippen molar-refractivity contribution in [2.45, 2.75) is 56.9 Å². The van der Waals surface area contributed by atoms with Gasteiger partial charge in [0.05, 0.1) is 6.07 Å². The molecular formula is C24H34N4O2. The number of unbranched alkanes of at least 4 members (excludes halogenated alkanes) is 1. The van der Waals surface area contributed by atoms with Gasteiger partial charge in [-0.3, -0.25) is 14.5 Å². The van der Waals surface area contributed by atoms with Gasteiger partial charge < -0.3 is 10.2 Å². The molecule has 1 aliphatic heterocycles. The van der Waals surface area contributed by atoms with Crippen LogP contribution in [-0.2, 0) is 15.1 Å². The lowest BCUT2D eigenvalue weighted by Crippen LogP contribution is -2.47. The quantitative estimate of drug-likeness (QED) is 0.669. The molecule has 0 aromatic heterocycles. The molecule has 162 valence electrons. The fraction of sp³-hybridized carbons (Fsp3) is 0.625. The minimum absolute atomic E-state index is 0.0340. The van der Waals surface area contributed by atoms with Gasteiger partial charge in [0.1, 0.15) is 0 Å². The standard InChI is InChI=1S/C24H34N4O2/c1-27(2)24(20-8-4-3-5-9-20)13-11-23(12-14-24)18-22(30)28(19-23)17-10-21(29)26-16-7-6-15-25/h3-5,8-9H,6-7,10-14,16-19H2,1-2H3,(H,26,29). The number of hydrogen-bond donors (Lipinski definition) is 1. The van der Waals surface area contributed by atoms with Gasteiger partial charge in [-0.05, 0) is 57.2 Å². The van der Waals surface area contributed by atoms with Crippen LogP contribution in [-0.4, -0.2) is 55.3 Å². The molecule has 2 aliphatic rings. The Morgan fingerprint density at radius 3 is 2.53 bits per heavy atom. The summed E-state index contributed by atoms with van der Waals surface area (Å²) in [7, 11) is 4.32. The van der Waals surface area contributed by atoms with Crippen molar-refractivity contribution in [3.8, 4) is 6.07 Å². The van der Waals surface area contributed by atoms with Crippen LogP contribution in [0.4, 0.5) is 0 Å². The Labute approximate surface area is 180 Å². The molecule has 2 fully saturated rings. The lowest BCUT2D eigenvalue weighted by molar-refractivity contribution is -0.128. The van der Waals surface area contributed by atoms with Crippen molar-refractivity contribution in [3.05, 3.63) is 35.9 Å². The SMILES string of the molecule is CN(C)C1(c2ccccc2)CCC2(CC1)CC(=O)N(CCC(=O)NCCCC#N)C2. The average Bonchev–Trinajstić information content (AvgIpc) is 3.06. The van der Waals surface area contributed by atoms with Crippen LogP contribution in [0, 0.1) is 16.7 Å². The Balaban J connectivity index is 1.55. The van der Waals surface area contributed by atoms with E-state index in [1.807, 2.05) is 4.90 Å². The average molecular weight is 411 g/mol. The lowest BCUT2D eigenvalue weighted by atomic mass is 9.64. The zero-order valence-corrected chi connectivity index (χ0v) is 18.3. The second-order valence-electron chi connectivity index (χ2n) is 9.15. The van der Waals surface area contributed by atoms with E-state index in [2.05, 4.69) is 60.7 Å². The van der Waals surface area contributed by atoms with E-state index in [-0.39, 0.29) is 22.8 Å². The van der Waals surface area contributed by atoms with E-state index in [1.54, 1.807) is 0 Å². The van der Waals surface area contributed by atoms with Crippen molar-refractivity contribution in [2.75, 3.05) is 33.7 Å². The highest BCUT2D eigenvalue weighted by atomic mass is 16.2. The normalized spacial score (nSPS) is 26.2. The molecule has 1 saturated carbocycles. The molecule has 6 heteroatoms.